The summed E-state index contributed by atoms with van der Waals surface area (Å²) in [5.41, 5.74) is 3.20. The number of hydrogen-bond donors (Lipinski definition) is 1. The fraction of sp³-hybridized carbons (Fsp3) is 0.263. The first-order chi connectivity index (χ1) is 13.7. The molecule has 4 rings (SSSR count). The number of carboxylic acid groups (broad SMARTS) is 1. The third-order valence-corrected chi connectivity index (χ3v) is 4.66. The first-order valence-electron chi connectivity index (χ1n) is 8.74. The largest absolute Gasteiger partial charge is 0.573 e. The second-order valence-corrected chi connectivity index (χ2v) is 6.60. The van der Waals surface area contributed by atoms with Gasteiger partial charge in [-0.2, -0.15) is 5.10 Å². The average molecular weight is 404 g/mol. The quantitative estimate of drug-likeness (QED) is 0.717. The van der Waals surface area contributed by atoms with Gasteiger partial charge in [0.25, 0.3) is 0 Å². The van der Waals surface area contributed by atoms with Crippen molar-refractivity contribution in [3.8, 4) is 28.5 Å². The van der Waals surface area contributed by atoms with E-state index < -0.39 is 12.3 Å². The molecule has 2 aromatic heterocycles. The predicted molar refractivity (Wildman–Crippen MR) is 95.3 cm³/mol. The highest BCUT2D eigenvalue weighted by Crippen LogP contribution is 2.34. The van der Waals surface area contributed by atoms with Gasteiger partial charge in [-0.15, -0.1) is 13.2 Å². The molecule has 10 heteroatoms. The highest BCUT2D eigenvalue weighted by atomic mass is 19.4. The lowest BCUT2D eigenvalue weighted by molar-refractivity contribution is -0.274. The van der Waals surface area contributed by atoms with Crippen molar-refractivity contribution in [1.29, 1.82) is 0 Å². The van der Waals surface area contributed by atoms with Crippen molar-refractivity contribution < 1.29 is 27.8 Å². The molecule has 1 aromatic carbocycles. The molecule has 3 aromatic rings. The monoisotopic (exact) mass is 404 g/mol. The number of aryl methyl sites for hydroxylation is 2. The number of aromatic carboxylic acids is 1. The van der Waals surface area contributed by atoms with Crippen LogP contribution in [0.3, 0.4) is 0 Å². The number of benzene rings is 1. The van der Waals surface area contributed by atoms with Crippen LogP contribution in [0.2, 0.25) is 0 Å². The van der Waals surface area contributed by atoms with Crippen LogP contribution in [0.4, 0.5) is 13.2 Å². The van der Waals surface area contributed by atoms with Crippen LogP contribution in [-0.4, -0.2) is 37.2 Å². The molecule has 0 radical (unpaired) electrons. The number of hydrogen-bond acceptors (Lipinski definition) is 5. The van der Waals surface area contributed by atoms with Crippen LogP contribution in [0.5, 0.6) is 5.75 Å². The summed E-state index contributed by atoms with van der Waals surface area (Å²) in [6.45, 7) is 0. The summed E-state index contributed by atoms with van der Waals surface area (Å²) in [5.74, 6) is -1.12. The lowest BCUT2D eigenvalue weighted by Gasteiger charge is -2.11. The van der Waals surface area contributed by atoms with E-state index in [0.29, 0.717) is 41.2 Å². The van der Waals surface area contributed by atoms with Crippen LogP contribution in [0.1, 0.15) is 28.0 Å². The second-order valence-electron chi connectivity index (χ2n) is 6.60. The Morgan fingerprint density at radius 2 is 1.93 bits per heavy atom. The van der Waals surface area contributed by atoms with Crippen molar-refractivity contribution in [2.45, 2.75) is 25.6 Å². The minimum atomic E-state index is -4.76. The van der Waals surface area contributed by atoms with E-state index in [-0.39, 0.29) is 11.4 Å². The van der Waals surface area contributed by atoms with E-state index in [9.17, 15) is 23.1 Å². The predicted octanol–water partition coefficient (Wildman–Crippen LogP) is 3.63. The number of halogens is 3. The Bertz CT molecular complexity index is 1090. The van der Waals surface area contributed by atoms with E-state index >= 15 is 0 Å². The number of rotatable bonds is 3. The molecule has 0 amide bonds. The van der Waals surface area contributed by atoms with Gasteiger partial charge in [0.1, 0.15) is 5.75 Å². The van der Waals surface area contributed by atoms with Gasteiger partial charge in [0, 0.05) is 24.4 Å². The molecule has 0 atom stereocenters. The zero-order chi connectivity index (χ0) is 20.8. The van der Waals surface area contributed by atoms with Gasteiger partial charge in [0.05, 0.1) is 11.4 Å². The van der Waals surface area contributed by atoms with Crippen LogP contribution in [-0.2, 0) is 19.9 Å². The third-order valence-electron chi connectivity index (χ3n) is 4.66. The number of carbonyl (C=O) groups is 1. The van der Waals surface area contributed by atoms with Gasteiger partial charge in [0.2, 0.25) is 0 Å². The normalized spacial score (nSPS) is 13.4. The molecule has 1 N–H and O–H groups in total. The number of carboxylic acids is 1. The van der Waals surface area contributed by atoms with Crippen molar-refractivity contribution in [2.75, 3.05) is 0 Å². The number of ether oxygens (including phenoxy) is 1. The first kappa shape index (κ1) is 18.9. The zero-order valence-electron chi connectivity index (χ0n) is 15.2. The lowest BCUT2D eigenvalue weighted by Crippen LogP contribution is -2.16. The molecule has 0 fully saturated rings. The lowest BCUT2D eigenvalue weighted by atomic mass is 10.1. The van der Waals surface area contributed by atoms with E-state index in [0.717, 1.165) is 12.0 Å². The summed E-state index contributed by atoms with van der Waals surface area (Å²) in [7, 11) is 1.66. The van der Waals surface area contributed by atoms with Gasteiger partial charge in [-0.1, -0.05) is 0 Å². The Morgan fingerprint density at radius 1 is 1.21 bits per heavy atom. The first-order valence-corrected chi connectivity index (χ1v) is 8.74. The van der Waals surface area contributed by atoms with E-state index in [1.165, 1.54) is 28.9 Å². The molecule has 29 heavy (non-hydrogen) atoms. The van der Waals surface area contributed by atoms with Gasteiger partial charge < -0.3 is 9.84 Å². The minimum Gasteiger partial charge on any atom is -0.476 e. The molecule has 1 aliphatic rings. The van der Waals surface area contributed by atoms with Gasteiger partial charge in [-0.3, -0.25) is 4.68 Å². The molecule has 0 spiro atoms. The summed E-state index contributed by atoms with van der Waals surface area (Å²) < 4.78 is 42.4. The van der Waals surface area contributed by atoms with E-state index in [1.54, 1.807) is 13.2 Å². The average Bonchev–Trinajstić information content (AvgIpc) is 2.86. The van der Waals surface area contributed by atoms with Crippen molar-refractivity contribution in [3.05, 3.63) is 47.3 Å². The van der Waals surface area contributed by atoms with Gasteiger partial charge in [0.15, 0.2) is 11.5 Å². The number of fused-ring (bicyclic) bond motifs is 3. The summed E-state index contributed by atoms with van der Waals surface area (Å²) in [6.07, 6.45) is -1.12. The molecule has 0 saturated carbocycles. The Morgan fingerprint density at radius 3 is 2.59 bits per heavy atom. The number of nitrogens with zero attached hydrogens (tertiary/aromatic N) is 4. The van der Waals surface area contributed by atoms with Crippen molar-refractivity contribution >= 4 is 5.97 Å². The zero-order valence-corrected chi connectivity index (χ0v) is 15.2. The molecule has 0 unspecified atom stereocenters. The summed E-state index contributed by atoms with van der Waals surface area (Å²) in [4.78, 5) is 20.5. The van der Waals surface area contributed by atoms with E-state index in [2.05, 4.69) is 19.8 Å². The minimum absolute atomic E-state index is 0.00386. The van der Waals surface area contributed by atoms with Crippen LogP contribution >= 0.6 is 0 Å². The standard InChI is InChI=1S/C19H15F3N4O3/c1-26-16-13(15(25-26)18(27)28)4-2-3-11-9-23-17(24-14(11)16)10-5-7-12(8-6-10)29-19(20,21)22/h5-9H,2-4H2,1H3,(H,27,28). The van der Waals surface area contributed by atoms with Crippen molar-refractivity contribution in [2.24, 2.45) is 7.05 Å². The summed E-state index contributed by atoms with van der Waals surface area (Å²) in [6, 6.07) is 5.25. The summed E-state index contributed by atoms with van der Waals surface area (Å²) >= 11 is 0. The molecule has 0 aliphatic heterocycles. The third kappa shape index (κ3) is 3.65. The molecule has 150 valence electrons. The van der Waals surface area contributed by atoms with Crippen LogP contribution in [0.15, 0.2) is 30.5 Å². The number of alkyl halides is 3. The number of aromatic nitrogens is 4. The molecule has 2 heterocycles. The molecule has 0 bridgehead atoms. The van der Waals surface area contributed by atoms with Crippen LogP contribution in [0.25, 0.3) is 22.8 Å². The Kier molecular flexibility index (Phi) is 4.48. The highest BCUT2D eigenvalue weighted by molar-refractivity contribution is 5.90. The van der Waals surface area contributed by atoms with E-state index in [4.69, 9.17) is 0 Å². The molecule has 7 nitrogen and oxygen atoms in total. The Hall–Kier alpha value is -3.43. The van der Waals surface area contributed by atoms with Crippen molar-refractivity contribution in [1.82, 2.24) is 19.7 Å². The smallest absolute Gasteiger partial charge is 0.476 e. The van der Waals surface area contributed by atoms with Gasteiger partial charge >= 0.3 is 12.3 Å². The maximum atomic E-state index is 12.3. The Balaban J connectivity index is 1.77. The fourth-order valence-corrected chi connectivity index (χ4v) is 3.47. The SMILES string of the molecule is Cn1nc(C(=O)O)c2c1-c1nc(-c3ccc(OC(F)(F)F)cc3)ncc1CCC2. The van der Waals surface area contributed by atoms with E-state index in [1.807, 2.05) is 0 Å². The maximum absolute atomic E-state index is 12.3. The van der Waals surface area contributed by atoms with Crippen LogP contribution < -0.4 is 4.74 Å². The molecule has 0 saturated heterocycles. The van der Waals surface area contributed by atoms with Crippen LogP contribution in [0, 0.1) is 0 Å². The van der Waals surface area contributed by atoms with Gasteiger partial charge in [-0.05, 0) is 49.1 Å². The molecular formula is C19H15F3N4O3. The molecule has 1 aliphatic carbocycles. The maximum Gasteiger partial charge on any atom is 0.573 e. The van der Waals surface area contributed by atoms with Gasteiger partial charge in [-0.25, -0.2) is 14.8 Å². The Labute approximate surface area is 162 Å². The fourth-order valence-electron chi connectivity index (χ4n) is 3.47. The molecular weight excluding hydrogens is 389 g/mol. The summed E-state index contributed by atoms with van der Waals surface area (Å²) in [5, 5.41) is 13.5. The van der Waals surface area contributed by atoms with Crippen molar-refractivity contribution in [3.63, 3.8) is 0 Å². The topological polar surface area (TPSA) is 90.1 Å². The highest BCUT2D eigenvalue weighted by Gasteiger charge is 2.31. The second kappa shape index (κ2) is 6.87.